The van der Waals surface area contributed by atoms with Gasteiger partial charge < -0.3 is 14.8 Å². The van der Waals surface area contributed by atoms with E-state index in [1.165, 1.54) is 18.2 Å². The first kappa shape index (κ1) is 21.7. The molecule has 0 spiro atoms. The largest absolute Gasteiger partial charge is 0.435 e. The molecule has 7 nitrogen and oxygen atoms in total. The second-order valence-electron chi connectivity index (χ2n) is 5.39. The van der Waals surface area contributed by atoms with Crippen molar-refractivity contribution in [3.8, 4) is 11.5 Å². The summed E-state index contributed by atoms with van der Waals surface area (Å²) >= 11 is 0. The van der Waals surface area contributed by atoms with Crippen LogP contribution in [0, 0.1) is 10.1 Å². The minimum absolute atomic E-state index is 0.00718. The lowest BCUT2D eigenvalue weighted by molar-refractivity contribution is -0.385. The van der Waals surface area contributed by atoms with E-state index in [2.05, 4.69) is 14.8 Å². The first-order chi connectivity index (χ1) is 13.8. The number of halogens is 4. The number of alkyl halides is 4. The fourth-order valence-corrected chi connectivity index (χ4v) is 2.27. The molecule has 0 unspecified atom stereocenters. The number of benzene rings is 2. The molecule has 2 aromatic rings. The molecule has 2 aromatic carbocycles. The summed E-state index contributed by atoms with van der Waals surface area (Å²) in [6, 6.07) is 8.89. The molecule has 1 amide bonds. The molecule has 0 saturated heterocycles. The fraction of sp³-hybridized carbons (Fsp3) is 0.167. The molecule has 0 atom stereocenters. The van der Waals surface area contributed by atoms with Gasteiger partial charge in [0, 0.05) is 35.9 Å². The van der Waals surface area contributed by atoms with Gasteiger partial charge in [0.25, 0.3) is 5.69 Å². The number of hydrogen-bond donors (Lipinski definition) is 1. The van der Waals surface area contributed by atoms with E-state index in [0.29, 0.717) is 0 Å². The number of nitro groups is 1. The zero-order chi connectivity index (χ0) is 21.4. The van der Waals surface area contributed by atoms with E-state index >= 15 is 0 Å². The Balaban J connectivity index is 2.10. The van der Waals surface area contributed by atoms with Gasteiger partial charge in [-0.1, -0.05) is 18.2 Å². The van der Waals surface area contributed by atoms with Gasteiger partial charge in [0.05, 0.1) is 4.92 Å². The first-order valence-electron chi connectivity index (χ1n) is 7.98. The van der Waals surface area contributed by atoms with Crippen LogP contribution in [0.5, 0.6) is 11.5 Å². The van der Waals surface area contributed by atoms with Crippen LogP contribution in [0.4, 0.5) is 23.2 Å². The second-order valence-corrected chi connectivity index (χ2v) is 5.39. The fourth-order valence-electron chi connectivity index (χ4n) is 2.27. The van der Waals surface area contributed by atoms with E-state index in [-0.39, 0.29) is 23.4 Å². The Morgan fingerprint density at radius 2 is 1.79 bits per heavy atom. The van der Waals surface area contributed by atoms with Crippen LogP contribution < -0.4 is 14.8 Å². The molecule has 11 heteroatoms. The van der Waals surface area contributed by atoms with Gasteiger partial charge in [0.2, 0.25) is 5.91 Å². The van der Waals surface area contributed by atoms with E-state index in [0.717, 1.165) is 30.4 Å². The van der Waals surface area contributed by atoms with Gasteiger partial charge in [0.15, 0.2) is 0 Å². The van der Waals surface area contributed by atoms with Gasteiger partial charge in [-0.05, 0) is 18.2 Å². The number of nitrogens with one attached hydrogen (secondary N) is 1. The molecule has 0 radical (unpaired) electrons. The normalized spacial score (nSPS) is 11.1. The lowest BCUT2D eigenvalue weighted by Crippen LogP contribution is -2.20. The van der Waals surface area contributed by atoms with Crippen molar-refractivity contribution < 1.29 is 36.8 Å². The maximum Gasteiger partial charge on any atom is 0.387 e. The van der Waals surface area contributed by atoms with Crippen LogP contribution >= 0.6 is 0 Å². The SMILES string of the molecule is O=C(C=Cc1ccc(OC(F)F)cc1OC(F)F)NCc1ccccc1[N+](=O)[O-]. The van der Waals surface area contributed by atoms with Crippen LogP contribution in [0.15, 0.2) is 48.5 Å². The van der Waals surface area contributed by atoms with Crippen molar-refractivity contribution in [2.75, 3.05) is 0 Å². The average Bonchev–Trinajstić information content (AvgIpc) is 2.65. The lowest BCUT2D eigenvalue weighted by Gasteiger charge is -2.11. The van der Waals surface area contributed by atoms with E-state index in [1.807, 2.05) is 0 Å². The third-order valence-electron chi connectivity index (χ3n) is 3.48. The summed E-state index contributed by atoms with van der Waals surface area (Å²) in [6.07, 6.45) is 2.11. The van der Waals surface area contributed by atoms with Crippen LogP contribution in [0.3, 0.4) is 0 Å². The van der Waals surface area contributed by atoms with E-state index < -0.39 is 35.6 Å². The summed E-state index contributed by atoms with van der Waals surface area (Å²) in [6.45, 7) is -6.51. The molecular formula is C18H14F4N2O5. The minimum atomic E-state index is -3.23. The number of rotatable bonds is 9. The quantitative estimate of drug-likeness (QED) is 0.288. The monoisotopic (exact) mass is 414 g/mol. The van der Waals surface area contributed by atoms with Gasteiger partial charge in [-0.15, -0.1) is 0 Å². The zero-order valence-corrected chi connectivity index (χ0v) is 14.6. The van der Waals surface area contributed by atoms with Crippen LogP contribution in [-0.4, -0.2) is 24.1 Å². The van der Waals surface area contributed by atoms with Crippen molar-refractivity contribution in [3.05, 3.63) is 69.8 Å². The minimum Gasteiger partial charge on any atom is -0.435 e. The highest BCUT2D eigenvalue weighted by atomic mass is 19.3. The summed E-state index contributed by atoms with van der Waals surface area (Å²) in [5.41, 5.74) is 0.112. The topological polar surface area (TPSA) is 90.7 Å². The van der Waals surface area contributed by atoms with Gasteiger partial charge in [0.1, 0.15) is 11.5 Å². The number of hydrogen-bond acceptors (Lipinski definition) is 5. The molecular weight excluding hydrogens is 400 g/mol. The number of carbonyl (C=O) groups excluding carboxylic acids is 1. The number of nitro benzene ring substituents is 1. The highest BCUT2D eigenvalue weighted by Gasteiger charge is 2.14. The number of para-hydroxylation sites is 1. The predicted octanol–water partition coefficient (Wildman–Crippen LogP) is 4.13. The standard InChI is InChI=1S/C18H14F4N2O5/c19-17(20)28-13-7-5-11(15(9-13)29-18(21)22)6-8-16(25)23-10-12-3-1-2-4-14(12)24(26)27/h1-9,17-18H,10H2,(H,23,25). The highest BCUT2D eigenvalue weighted by Crippen LogP contribution is 2.28. The summed E-state index contributed by atoms with van der Waals surface area (Å²) in [5.74, 6) is -1.53. The maximum absolute atomic E-state index is 12.5. The van der Waals surface area contributed by atoms with Crippen molar-refractivity contribution >= 4 is 17.7 Å². The van der Waals surface area contributed by atoms with Crippen molar-refractivity contribution in [2.45, 2.75) is 19.8 Å². The molecule has 0 heterocycles. The Labute approximate surface area is 161 Å². The number of carbonyl (C=O) groups is 1. The van der Waals surface area contributed by atoms with E-state index in [9.17, 15) is 32.5 Å². The number of ether oxygens (including phenoxy) is 2. The molecule has 0 saturated carbocycles. The van der Waals surface area contributed by atoms with Gasteiger partial charge in [-0.2, -0.15) is 17.6 Å². The molecule has 2 rings (SSSR count). The maximum atomic E-state index is 12.5. The Morgan fingerprint density at radius 1 is 1.10 bits per heavy atom. The number of amides is 1. The van der Waals surface area contributed by atoms with Crippen LogP contribution in [-0.2, 0) is 11.3 Å². The molecule has 0 aliphatic rings. The van der Waals surface area contributed by atoms with Crippen molar-refractivity contribution in [2.24, 2.45) is 0 Å². The highest BCUT2D eigenvalue weighted by molar-refractivity contribution is 5.92. The van der Waals surface area contributed by atoms with Crippen molar-refractivity contribution in [1.82, 2.24) is 5.32 Å². The lowest BCUT2D eigenvalue weighted by atomic mass is 10.1. The van der Waals surface area contributed by atoms with E-state index in [4.69, 9.17) is 0 Å². The Kier molecular flexibility index (Phi) is 7.52. The smallest absolute Gasteiger partial charge is 0.387 e. The average molecular weight is 414 g/mol. The van der Waals surface area contributed by atoms with Crippen LogP contribution in [0.2, 0.25) is 0 Å². The number of nitrogens with zero attached hydrogens (tertiary/aromatic N) is 1. The molecule has 0 fully saturated rings. The Bertz CT molecular complexity index is 906. The molecule has 1 N–H and O–H groups in total. The Morgan fingerprint density at radius 3 is 2.45 bits per heavy atom. The zero-order valence-electron chi connectivity index (χ0n) is 14.6. The summed E-state index contributed by atoms with van der Waals surface area (Å²) in [7, 11) is 0. The van der Waals surface area contributed by atoms with Crippen molar-refractivity contribution in [1.29, 1.82) is 0 Å². The molecule has 0 aromatic heterocycles. The van der Waals surface area contributed by atoms with Crippen molar-refractivity contribution in [3.63, 3.8) is 0 Å². The molecule has 29 heavy (non-hydrogen) atoms. The summed E-state index contributed by atoms with van der Waals surface area (Å²) < 4.78 is 57.9. The van der Waals surface area contributed by atoms with Crippen LogP contribution in [0.25, 0.3) is 6.08 Å². The van der Waals surface area contributed by atoms with E-state index in [1.54, 1.807) is 6.07 Å². The third-order valence-corrected chi connectivity index (χ3v) is 3.48. The first-order valence-corrected chi connectivity index (χ1v) is 7.98. The van der Waals surface area contributed by atoms with Gasteiger partial charge in [-0.3, -0.25) is 14.9 Å². The van der Waals surface area contributed by atoms with Crippen LogP contribution in [0.1, 0.15) is 11.1 Å². The van der Waals surface area contributed by atoms with Gasteiger partial charge in [-0.25, -0.2) is 0 Å². The molecule has 0 aliphatic heterocycles. The summed E-state index contributed by atoms with van der Waals surface area (Å²) in [5, 5.41) is 13.4. The molecule has 154 valence electrons. The Hall–Kier alpha value is -3.63. The molecule has 0 bridgehead atoms. The third kappa shape index (κ3) is 6.79. The molecule has 0 aliphatic carbocycles. The second kappa shape index (κ2) is 10.1. The predicted molar refractivity (Wildman–Crippen MR) is 93.7 cm³/mol. The summed E-state index contributed by atoms with van der Waals surface area (Å²) in [4.78, 5) is 22.3. The van der Waals surface area contributed by atoms with Gasteiger partial charge >= 0.3 is 13.2 Å².